The maximum absolute atomic E-state index is 6.25. The summed E-state index contributed by atoms with van der Waals surface area (Å²) in [5, 5.41) is 0. The number of piperidine rings is 1. The molecule has 2 fully saturated rings. The Kier molecular flexibility index (Phi) is 5.46. The summed E-state index contributed by atoms with van der Waals surface area (Å²) in [6.07, 6.45) is 5.44. The predicted molar refractivity (Wildman–Crippen MR) is 102 cm³/mol. The number of fused-ring (bicyclic) bond motifs is 1. The molecule has 25 heavy (non-hydrogen) atoms. The lowest BCUT2D eigenvalue weighted by Crippen LogP contribution is -2.46. The fraction of sp³-hybridized carbons (Fsp3) is 0.550. The van der Waals surface area contributed by atoms with E-state index in [1.54, 1.807) is 0 Å². The first-order valence-electron chi connectivity index (χ1n) is 9.27. The van der Waals surface area contributed by atoms with Gasteiger partial charge in [-0.15, -0.1) is 11.3 Å². The van der Waals surface area contributed by atoms with Crippen molar-refractivity contribution < 1.29 is 4.74 Å². The largest absolute Gasteiger partial charge is 0.375 e. The van der Waals surface area contributed by atoms with E-state index in [2.05, 4.69) is 39.9 Å². The Bertz CT molecular complexity index is 675. The lowest BCUT2D eigenvalue weighted by molar-refractivity contribution is -0.0239. The predicted octanol–water partition coefficient (Wildman–Crippen LogP) is 3.17. The average molecular weight is 358 g/mol. The van der Waals surface area contributed by atoms with Gasteiger partial charge in [0.25, 0.3) is 0 Å². The van der Waals surface area contributed by atoms with Gasteiger partial charge in [0.2, 0.25) is 0 Å². The first kappa shape index (κ1) is 17.2. The normalized spacial score (nSPS) is 25.5. The molecule has 4 heterocycles. The Morgan fingerprint density at radius 1 is 1.16 bits per heavy atom. The van der Waals surface area contributed by atoms with Gasteiger partial charge in [0, 0.05) is 60.8 Å². The maximum atomic E-state index is 6.25. The van der Waals surface area contributed by atoms with Crippen LogP contribution in [0.5, 0.6) is 0 Å². The highest BCUT2D eigenvalue weighted by molar-refractivity contribution is 7.11. The Balaban J connectivity index is 1.34. The van der Waals surface area contributed by atoms with Crippen molar-refractivity contribution in [1.29, 1.82) is 0 Å². The number of hydrogen-bond donors (Lipinski definition) is 0. The van der Waals surface area contributed by atoms with Gasteiger partial charge in [0.1, 0.15) is 0 Å². The number of likely N-dealkylation sites (tertiary alicyclic amines) is 1. The standard InChI is InChI=1S/C20H27N3OS/c1-16-4-5-19(25-16)14-22-8-6-18-13-23(9-10-24-20(18)15-22)12-17-3-2-7-21-11-17/h2-5,7,11,18,20H,6,8-10,12-15H2,1H3/t18-,20-/m1/s1. The minimum Gasteiger partial charge on any atom is -0.375 e. The van der Waals surface area contributed by atoms with Crippen LogP contribution in [0.25, 0.3) is 0 Å². The summed E-state index contributed by atoms with van der Waals surface area (Å²) in [5.41, 5.74) is 1.30. The van der Waals surface area contributed by atoms with Crippen molar-refractivity contribution in [3.63, 3.8) is 0 Å². The van der Waals surface area contributed by atoms with Crippen molar-refractivity contribution in [2.75, 3.05) is 32.8 Å². The average Bonchev–Trinajstić information content (AvgIpc) is 2.91. The van der Waals surface area contributed by atoms with Crippen molar-refractivity contribution in [2.45, 2.75) is 32.5 Å². The first-order valence-corrected chi connectivity index (χ1v) is 10.1. The van der Waals surface area contributed by atoms with E-state index in [-0.39, 0.29) is 0 Å². The topological polar surface area (TPSA) is 28.6 Å². The van der Waals surface area contributed by atoms with Crippen LogP contribution >= 0.6 is 11.3 Å². The molecule has 2 atom stereocenters. The first-order chi connectivity index (χ1) is 12.3. The third-order valence-electron chi connectivity index (χ3n) is 5.32. The lowest BCUT2D eigenvalue weighted by atomic mass is 9.93. The third kappa shape index (κ3) is 4.47. The van der Waals surface area contributed by atoms with E-state index in [9.17, 15) is 0 Å². The highest BCUT2D eigenvalue weighted by Gasteiger charge is 2.33. The molecule has 4 nitrogen and oxygen atoms in total. The number of pyridine rings is 1. The second-order valence-electron chi connectivity index (χ2n) is 7.30. The zero-order chi connectivity index (χ0) is 17.1. The van der Waals surface area contributed by atoms with Crippen LogP contribution in [-0.4, -0.2) is 53.7 Å². The number of nitrogens with zero attached hydrogens (tertiary/aromatic N) is 3. The highest BCUT2D eigenvalue weighted by atomic mass is 32.1. The fourth-order valence-electron chi connectivity index (χ4n) is 4.01. The van der Waals surface area contributed by atoms with Crippen LogP contribution < -0.4 is 0 Å². The molecule has 0 radical (unpaired) electrons. The zero-order valence-corrected chi connectivity index (χ0v) is 15.8. The van der Waals surface area contributed by atoms with Gasteiger partial charge in [0.15, 0.2) is 0 Å². The van der Waals surface area contributed by atoms with E-state index in [1.807, 2.05) is 29.8 Å². The molecular formula is C20H27N3OS. The van der Waals surface area contributed by atoms with Crippen LogP contribution in [0.15, 0.2) is 36.7 Å². The molecule has 4 rings (SSSR count). The molecule has 134 valence electrons. The van der Waals surface area contributed by atoms with Gasteiger partial charge in [-0.2, -0.15) is 0 Å². The van der Waals surface area contributed by atoms with Crippen molar-refractivity contribution in [3.05, 3.63) is 52.0 Å². The van der Waals surface area contributed by atoms with Gasteiger partial charge in [-0.1, -0.05) is 6.07 Å². The fourth-order valence-corrected chi connectivity index (χ4v) is 4.94. The van der Waals surface area contributed by atoms with E-state index < -0.39 is 0 Å². The molecule has 0 saturated carbocycles. The van der Waals surface area contributed by atoms with E-state index >= 15 is 0 Å². The third-order valence-corrected chi connectivity index (χ3v) is 6.30. The smallest absolute Gasteiger partial charge is 0.0743 e. The van der Waals surface area contributed by atoms with E-state index in [1.165, 1.54) is 28.3 Å². The molecule has 2 saturated heterocycles. The Labute approximate surface area is 154 Å². The van der Waals surface area contributed by atoms with Crippen molar-refractivity contribution >= 4 is 11.3 Å². The summed E-state index contributed by atoms with van der Waals surface area (Å²) in [6.45, 7) is 9.50. The summed E-state index contributed by atoms with van der Waals surface area (Å²) in [5.74, 6) is 0.653. The number of thiophene rings is 1. The molecule has 5 heteroatoms. The number of aryl methyl sites for hydroxylation is 1. The van der Waals surface area contributed by atoms with E-state index in [0.717, 1.165) is 39.3 Å². The maximum Gasteiger partial charge on any atom is 0.0743 e. The van der Waals surface area contributed by atoms with E-state index in [4.69, 9.17) is 4.74 Å². The van der Waals surface area contributed by atoms with Crippen LogP contribution in [0, 0.1) is 12.8 Å². The van der Waals surface area contributed by atoms with Gasteiger partial charge in [-0.25, -0.2) is 0 Å². The molecule has 2 aromatic heterocycles. The minimum absolute atomic E-state index is 0.383. The molecule has 0 unspecified atom stereocenters. The lowest BCUT2D eigenvalue weighted by Gasteiger charge is -2.37. The molecule has 0 spiro atoms. The van der Waals surface area contributed by atoms with Gasteiger partial charge in [-0.05, 0) is 43.7 Å². The van der Waals surface area contributed by atoms with Crippen LogP contribution in [-0.2, 0) is 17.8 Å². The van der Waals surface area contributed by atoms with Crippen LogP contribution in [0.3, 0.4) is 0 Å². The molecule has 0 amide bonds. The molecule has 2 aromatic rings. The van der Waals surface area contributed by atoms with Crippen LogP contribution in [0.4, 0.5) is 0 Å². The molecule has 0 aromatic carbocycles. The monoisotopic (exact) mass is 357 g/mol. The number of rotatable bonds is 4. The second kappa shape index (κ2) is 7.96. The number of ether oxygens (including phenoxy) is 1. The Morgan fingerprint density at radius 2 is 2.08 bits per heavy atom. The molecule has 2 aliphatic heterocycles. The number of aromatic nitrogens is 1. The Morgan fingerprint density at radius 3 is 2.88 bits per heavy atom. The summed E-state index contributed by atoms with van der Waals surface area (Å²) < 4.78 is 6.25. The second-order valence-corrected chi connectivity index (χ2v) is 8.67. The van der Waals surface area contributed by atoms with Crippen molar-refractivity contribution in [2.24, 2.45) is 5.92 Å². The van der Waals surface area contributed by atoms with Crippen molar-refractivity contribution in [1.82, 2.24) is 14.8 Å². The van der Waals surface area contributed by atoms with E-state index in [0.29, 0.717) is 12.0 Å². The van der Waals surface area contributed by atoms with Gasteiger partial charge < -0.3 is 4.74 Å². The summed E-state index contributed by atoms with van der Waals surface area (Å²) in [4.78, 5) is 12.2. The minimum atomic E-state index is 0.383. The Hall–Kier alpha value is -1.27. The highest BCUT2D eigenvalue weighted by Crippen LogP contribution is 2.27. The molecular weight excluding hydrogens is 330 g/mol. The molecule has 0 aliphatic carbocycles. The van der Waals surface area contributed by atoms with Gasteiger partial charge in [0.05, 0.1) is 12.7 Å². The van der Waals surface area contributed by atoms with Crippen LogP contribution in [0.2, 0.25) is 0 Å². The SMILES string of the molecule is Cc1ccc(CN2CC[C@@H]3CN(Cc4cccnc4)CCO[C@@H]3C2)s1. The molecule has 0 N–H and O–H groups in total. The summed E-state index contributed by atoms with van der Waals surface area (Å²) in [7, 11) is 0. The van der Waals surface area contributed by atoms with Gasteiger partial charge in [-0.3, -0.25) is 14.8 Å². The van der Waals surface area contributed by atoms with Gasteiger partial charge >= 0.3 is 0 Å². The van der Waals surface area contributed by atoms with Crippen LogP contribution in [0.1, 0.15) is 21.7 Å². The van der Waals surface area contributed by atoms with Crippen molar-refractivity contribution in [3.8, 4) is 0 Å². The quantitative estimate of drug-likeness (QED) is 0.840. The molecule has 2 aliphatic rings. The zero-order valence-electron chi connectivity index (χ0n) is 14.9. The number of hydrogen-bond acceptors (Lipinski definition) is 5. The molecule has 0 bridgehead atoms. The summed E-state index contributed by atoms with van der Waals surface area (Å²) >= 11 is 1.92. The summed E-state index contributed by atoms with van der Waals surface area (Å²) in [6, 6.07) is 8.69.